The van der Waals surface area contributed by atoms with Crippen LogP contribution in [-0.4, -0.2) is 60.8 Å². The molecule has 2 saturated carbocycles. The van der Waals surface area contributed by atoms with Crippen LogP contribution in [-0.2, 0) is 11.3 Å². The molecule has 6 nitrogen and oxygen atoms in total. The number of fused-ring (bicyclic) bond motifs is 2. The zero-order chi connectivity index (χ0) is 19.7. The number of hydrogen-bond donors (Lipinski definition) is 2. The summed E-state index contributed by atoms with van der Waals surface area (Å²) < 4.78 is 6.13. The lowest BCUT2D eigenvalue weighted by Crippen LogP contribution is -2.69. The van der Waals surface area contributed by atoms with Crippen molar-refractivity contribution >= 4 is 29.9 Å². The molecule has 1 aromatic heterocycles. The fourth-order valence-corrected chi connectivity index (χ4v) is 6.37. The van der Waals surface area contributed by atoms with Gasteiger partial charge in [0, 0.05) is 62.9 Å². The predicted molar refractivity (Wildman–Crippen MR) is 130 cm³/mol. The summed E-state index contributed by atoms with van der Waals surface area (Å²) in [6.07, 6.45) is 11.2. The molecule has 2 saturated heterocycles. The Labute approximate surface area is 197 Å². The van der Waals surface area contributed by atoms with Crippen LogP contribution >= 0.6 is 24.0 Å². The summed E-state index contributed by atoms with van der Waals surface area (Å²) in [6, 6.07) is 7.21. The number of nitrogens with one attached hydrogen (secondary N) is 2. The van der Waals surface area contributed by atoms with Crippen molar-refractivity contribution in [3.05, 3.63) is 30.1 Å². The zero-order valence-corrected chi connectivity index (χ0v) is 20.4. The Morgan fingerprint density at radius 2 is 2.00 bits per heavy atom. The van der Waals surface area contributed by atoms with E-state index in [-0.39, 0.29) is 24.0 Å². The number of rotatable bonds is 4. The molecule has 30 heavy (non-hydrogen) atoms. The average molecular weight is 525 g/mol. The van der Waals surface area contributed by atoms with Gasteiger partial charge in [-0.2, -0.15) is 0 Å². The topological polar surface area (TPSA) is 61.8 Å². The van der Waals surface area contributed by atoms with Crippen LogP contribution in [0.2, 0.25) is 0 Å². The first-order valence-electron chi connectivity index (χ1n) is 11.5. The zero-order valence-electron chi connectivity index (χ0n) is 18.1. The van der Waals surface area contributed by atoms with E-state index in [0.29, 0.717) is 29.5 Å². The van der Waals surface area contributed by atoms with Crippen molar-refractivity contribution in [1.29, 1.82) is 0 Å². The second kappa shape index (κ2) is 9.69. The molecule has 5 rings (SSSR count). The van der Waals surface area contributed by atoms with E-state index in [4.69, 9.17) is 4.74 Å². The van der Waals surface area contributed by atoms with Gasteiger partial charge in [0.25, 0.3) is 0 Å². The highest BCUT2D eigenvalue weighted by molar-refractivity contribution is 14.0. The van der Waals surface area contributed by atoms with Crippen molar-refractivity contribution in [2.45, 2.75) is 69.7 Å². The minimum absolute atomic E-state index is 0. The molecule has 0 bridgehead atoms. The van der Waals surface area contributed by atoms with E-state index in [1.165, 1.54) is 32.1 Å². The Bertz CT molecular complexity index is 716. The first-order valence-corrected chi connectivity index (χ1v) is 11.5. The number of halogens is 1. The quantitative estimate of drug-likeness (QED) is 0.360. The lowest BCUT2D eigenvalue weighted by molar-refractivity contribution is -0.125. The molecule has 166 valence electrons. The number of aromatic nitrogens is 1. The molecule has 3 atom stereocenters. The number of guanidine groups is 1. The molecule has 0 aromatic carbocycles. The monoisotopic (exact) mass is 525 g/mol. The first-order chi connectivity index (χ1) is 14.3. The van der Waals surface area contributed by atoms with E-state index in [1.807, 2.05) is 19.3 Å². The smallest absolute Gasteiger partial charge is 0.191 e. The van der Waals surface area contributed by atoms with Gasteiger partial charge in [-0.3, -0.25) is 14.9 Å². The van der Waals surface area contributed by atoms with Gasteiger partial charge in [-0.05, 0) is 44.2 Å². The molecule has 0 radical (unpaired) electrons. The standard InChI is InChI=1S/C23H35N5O.HI/c1-24-22(27-20-19-9-15-29-21(19)23(20)10-3-4-11-23)26-17-7-13-28(14-8-17)16-18-6-2-5-12-25-18;/h2,5-6,12,17,19-21H,3-4,7-11,13-16H2,1H3,(H2,24,26,27);1H. The number of aliphatic imine (C=N–C) groups is 1. The molecule has 2 N–H and O–H groups in total. The summed E-state index contributed by atoms with van der Waals surface area (Å²) in [7, 11) is 1.91. The maximum Gasteiger partial charge on any atom is 0.191 e. The van der Waals surface area contributed by atoms with Gasteiger partial charge < -0.3 is 15.4 Å². The molecule has 2 aliphatic carbocycles. The lowest BCUT2D eigenvalue weighted by Gasteiger charge is -2.57. The Balaban J connectivity index is 0.00000218. The van der Waals surface area contributed by atoms with Crippen molar-refractivity contribution in [2.75, 3.05) is 26.7 Å². The van der Waals surface area contributed by atoms with Gasteiger partial charge in [-0.15, -0.1) is 24.0 Å². The molecule has 3 heterocycles. The molecule has 4 aliphatic rings. The van der Waals surface area contributed by atoms with E-state index >= 15 is 0 Å². The summed E-state index contributed by atoms with van der Waals surface area (Å²) in [4.78, 5) is 11.6. The highest BCUT2D eigenvalue weighted by Gasteiger charge is 2.65. The van der Waals surface area contributed by atoms with Gasteiger partial charge >= 0.3 is 0 Å². The highest BCUT2D eigenvalue weighted by Crippen LogP contribution is 2.60. The fraction of sp³-hybridized carbons (Fsp3) is 0.739. The number of nitrogens with zero attached hydrogens (tertiary/aromatic N) is 3. The van der Waals surface area contributed by atoms with Crippen LogP contribution in [0.15, 0.2) is 29.4 Å². The number of likely N-dealkylation sites (tertiary alicyclic amines) is 1. The summed E-state index contributed by atoms with van der Waals surface area (Å²) in [5.74, 6) is 1.67. The van der Waals surface area contributed by atoms with Crippen LogP contribution in [0.5, 0.6) is 0 Å². The molecule has 4 fully saturated rings. The Kier molecular flexibility index (Phi) is 7.19. The molecular weight excluding hydrogens is 489 g/mol. The highest BCUT2D eigenvalue weighted by atomic mass is 127. The van der Waals surface area contributed by atoms with Gasteiger partial charge in [-0.25, -0.2) is 0 Å². The number of ether oxygens (including phenoxy) is 1. The number of hydrogen-bond acceptors (Lipinski definition) is 4. The van der Waals surface area contributed by atoms with Crippen molar-refractivity contribution < 1.29 is 4.74 Å². The van der Waals surface area contributed by atoms with Crippen molar-refractivity contribution in [1.82, 2.24) is 20.5 Å². The van der Waals surface area contributed by atoms with Crippen LogP contribution in [0.4, 0.5) is 0 Å². The molecule has 2 aliphatic heterocycles. The third kappa shape index (κ3) is 4.21. The van der Waals surface area contributed by atoms with E-state index in [1.54, 1.807) is 0 Å². The van der Waals surface area contributed by atoms with E-state index in [0.717, 1.165) is 50.7 Å². The van der Waals surface area contributed by atoms with E-state index < -0.39 is 0 Å². The van der Waals surface area contributed by atoms with Gasteiger partial charge in [0.05, 0.1) is 11.8 Å². The third-order valence-electron chi connectivity index (χ3n) is 7.84. The Hall–Kier alpha value is -0.930. The summed E-state index contributed by atoms with van der Waals surface area (Å²) >= 11 is 0. The largest absolute Gasteiger partial charge is 0.377 e. The van der Waals surface area contributed by atoms with Gasteiger partial charge in [-0.1, -0.05) is 18.9 Å². The van der Waals surface area contributed by atoms with Crippen LogP contribution in [0.1, 0.15) is 50.6 Å². The predicted octanol–water partition coefficient (Wildman–Crippen LogP) is 3.18. The summed E-state index contributed by atoms with van der Waals surface area (Å²) in [6.45, 7) is 4.11. The molecule has 3 unspecified atom stereocenters. The second-order valence-corrected chi connectivity index (χ2v) is 9.39. The van der Waals surface area contributed by atoms with Gasteiger partial charge in [0.2, 0.25) is 0 Å². The fourth-order valence-electron chi connectivity index (χ4n) is 6.37. The minimum atomic E-state index is 0. The molecule has 7 heteroatoms. The SMILES string of the molecule is CN=C(NC1CCN(Cc2ccccn2)CC1)NC1C2CCOC2C12CCCC2.I. The average Bonchev–Trinajstić information content (AvgIpc) is 3.42. The lowest BCUT2D eigenvalue weighted by atomic mass is 9.54. The molecule has 1 spiro atoms. The van der Waals surface area contributed by atoms with Gasteiger partial charge in [0.1, 0.15) is 0 Å². The van der Waals surface area contributed by atoms with Crippen molar-refractivity contribution in [3.8, 4) is 0 Å². The van der Waals surface area contributed by atoms with Crippen molar-refractivity contribution in [2.24, 2.45) is 16.3 Å². The third-order valence-corrected chi connectivity index (χ3v) is 7.84. The maximum absolute atomic E-state index is 6.13. The molecular formula is C23H36IN5O. The summed E-state index contributed by atoms with van der Waals surface area (Å²) in [5, 5.41) is 7.57. The van der Waals surface area contributed by atoms with Crippen LogP contribution in [0.25, 0.3) is 0 Å². The Morgan fingerprint density at radius 3 is 2.70 bits per heavy atom. The number of piperidine rings is 1. The van der Waals surface area contributed by atoms with E-state index in [2.05, 4.69) is 37.6 Å². The normalized spacial score (nSPS) is 31.1. The maximum atomic E-state index is 6.13. The summed E-state index contributed by atoms with van der Waals surface area (Å²) in [5.41, 5.74) is 1.53. The van der Waals surface area contributed by atoms with Crippen molar-refractivity contribution in [3.63, 3.8) is 0 Å². The Morgan fingerprint density at radius 1 is 1.20 bits per heavy atom. The first kappa shape index (κ1) is 22.3. The van der Waals surface area contributed by atoms with Crippen LogP contribution in [0.3, 0.4) is 0 Å². The van der Waals surface area contributed by atoms with Gasteiger partial charge in [0.15, 0.2) is 5.96 Å². The molecule has 1 aromatic rings. The molecule has 0 amide bonds. The number of pyridine rings is 1. The van der Waals surface area contributed by atoms with Crippen LogP contribution in [0, 0.1) is 11.3 Å². The van der Waals surface area contributed by atoms with E-state index in [9.17, 15) is 0 Å². The second-order valence-electron chi connectivity index (χ2n) is 9.39. The van der Waals surface area contributed by atoms with Crippen LogP contribution < -0.4 is 10.6 Å². The minimum Gasteiger partial charge on any atom is -0.377 e.